The van der Waals surface area contributed by atoms with E-state index in [4.69, 9.17) is 10.8 Å². The van der Waals surface area contributed by atoms with E-state index in [9.17, 15) is 9.18 Å². The molecular weight excluding hydrogens is 243 g/mol. The number of nitrogens with one attached hydrogen (secondary N) is 1. The molecule has 6 heteroatoms. The molecule has 1 unspecified atom stereocenters. The van der Waals surface area contributed by atoms with Crippen LogP contribution in [-0.2, 0) is 4.79 Å². The summed E-state index contributed by atoms with van der Waals surface area (Å²) < 4.78 is 13.3. The third-order valence-electron chi connectivity index (χ3n) is 2.08. The number of nitrogen functional groups attached to an aromatic ring is 1. The van der Waals surface area contributed by atoms with E-state index in [1.165, 1.54) is 30.0 Å². The van der Waals surface area contributed by atoms with Crippen LogP contribution in [0.4, 0.5) is 15.8 Å². The van der Waals surface area contributed by atoms with E-state index in [0.29, 0.717) is 11.4 Å². The van der Waals surface area contributed by atoms with Gasteiger partial charge in [-0.1, -0.05) is 0 Å². The molecule has 1 rings (SSSR count). The van der Waals surface area contributed by atoms with Crippen molar-refractivity contribution in [2.45, 2.75) is 12.2 Å². The lowest BCUT2D eigenvalue weighted by Gasteiger charge is -2.12. The zero-order chi connectivity index (χ0) is 12.8. The van der Waals surface area contributed by atoms with Crippen LogP contribution < -0.4 is 11.1 Å². The second kappa shape index (κ2) is 6.46. The molecular formula is C11H15FN2O2S. The van der Waals surface area contributed by atoms with Crippen molar-refractivity contribution in [1.82, 2.24) is 0 Å². The average Bonchev–Trinajstić information content (AvgIpc) is 2.30. The number of hydrogen-bond donors (Lipinski definition) is 3. The zero-order valence-electron chi connectivity index (χ0n) is 9.44. The molecule has 1 atom stereocenters. The molecule has 4 N–H and O–H groups in total. The second-order valence-electron chi connectivity index (χ2n) is 3.47. The molecule has 1 aromatic rings. The van der Waals surface area contributed by atoms with Gasteiger partial charge in [0.2, 0.25) is 5.91 Å². The summed E-state index contributed by atoms with van der Waals surface area (Å²) >= 11 is 1.30. The normalized spacial score (nSPS) is 12.2. The number of amides is 1. The van der Waals surface area contributed by atoms with Crippen LogP contribution in [-0.4, -0.2) is 28.6 Å². The van der Waals surface area contributed by atoms with Crippen molar-refractivity contribution in [3.8, 4) is 0 Å². The summed E-state index contributed by atoms with van der Waals surface area (Å²) in [5, 5.41) is 10.7. The van der Waals surface area contributed by atoms with Crippen molar-refractivity contribution >= 4 is 29.0 Å². The zero-order valence-corrected chi connectivity index (χ0v) is 10.3. The number of anilines is 2. The lowest BCUT2D eigenvalue weighted by Crippen LogP contribution is -2.23. The molecule has 0 saturated heterocycles. The summed E-state index contributed by atoms with van der Waals surface area (Å²) in [4.78, 5) is 11.7. The Morgan fingerprint density at radius 2 is 2.35 bits per heavy atom. The molecule has 0 aliphatic rings. The van der Waals surface area contributed by atoms with Gasteiger partial charge in [-0.05, 0) is 25.1 Å². The SMILES string of the molecule is CC(SCCO)C(=O)Nc1cc(N)ccc1F. The van der Waals surface area contributed by atoms with E-state index in [2.05, 4.69) is 5.32 Å². The molecule has 1 aromatic carbocycles. The molecule has 0 radical (unpaired) electrons. The maximum atomic E-state index is 13.3. The predicted octanol–water partition coefficient (Wildman–Crippen LogP) is 1.46. The minimum atomic E-state index is -0.521. The number of rotatable bonds is 5. The average molecular weight is 258 g/mol. The van der Waals surface area contributed by atoms with Crippen molar-refractivity contribution in [1.29, 1.82) is 0 Å². The third kappa shape index (κ3) is 4.24. The monoisotopic (exact) mass is 258 g/mol. The summed E-state index contributed by atoms with van der Waals surface area (Å²) in [5.41, 5.74) is 5.97. The minimum absolute atomic E-state index is 0.00886. The Morgan fingerprint density at radius 3 is 3.00 bits per heavy atom. The highest BCUT2D eigenvalue weighted by molar-refractivity contribution is 8.00. The third-order valence-corrected chi connectivity index (χ3v) is 3.21. The first kappa shape index (κ1) is 13.8. The Balaban J connectivity index is 2.64. The van der Waals surface area contributed by atoms with Crippen LogP contribution in [0.5, 0.6) is 0 Å². The predicted molar refractivity (Wildman–Crippen MR) is 68.4 cm³/mol. The number of benzene rings is 1. The standard InChI is InChI=1S/C11H15FN2O2S/c1-7(17-5-4-15)11(16)14-10-6-8(13)2-3-9(10)12/h2-3,6-7,15H,4-5,13H2,1H3,(H,14,16). The molecule has 0 aliphatic carbocycles. The lowest BCUT2D eigenvalue weighted by atomic mass is 10.2. The second-order valence-corrected chi connectivity index (χ2v) is 4.91. The van der Waals surface area contributed by atoms with Crippen LogP contribution in [0.3, 0.4) is 0 Å². The van der Waals surface area contributed by atoms with Crippen molar-refractivity contribution in [2.24, 2.45) is 0 Å². The number of halogens is 1. The largest absolute Gasteiger partial charge is 0.399 e. The summed E-state index contributed by atoms with van der Waals surface area (Å²) in [6, 6.07) is 4.00. The Hall–Kier alpha value is -1.27. The minimum Gasteiger partial charge on any atom is -0.399 e. The molecule has 4 nitrogen and oxygen atoms in total. The van der Waals surface area contributed by atoms with Gasteiger partial charge in [0.15, 0.2) is 0 Å². The summed E-state index contributed by atoms with van der Waals surface area (Å²) in [6.45, 7) is 1.70. The molecule has 0 bridgehead atoms. The summed E-state index contributed by atoms with van der Waals surface area (Å²) in [6.07, 6.45) is 0. The topological polar surface area (TPSA) is 75.3 Å². The Labute approximate surface area is 103 Å². The number of carbonyl (C=O) groups excluding carboxylic acids is 1. The molecule has 17 heavy (non-hydrogen) atoms. The van der Waals surface area contributed by atoms with Gasteiger partial charge in [0.05, 0.1) is 17.5 Å². The maximum absolute atomic E-state index is 13.3. The Bertz CT molecular complexity index is 401. The van der Waals surface area contributed by atoms with Gasteiger partial charge >= 0.3 is 0 Å². The number of hydrogen-bond acceptors (Lipinski definition) is 4. The van der Waals surface area contributed by atoms with Crippen LogP contribution >= 0.6 is 11.8 Å². The molecule has 0 fully saturated rings. The van der Waals surface area contributed by atoms with E-state index < -0.39 is 5.82 Å². The van der Waals surface area contributed by atoms with E-state index in [1.807, 2.05) is 0 Å². The number of nitrogens with two attached hydrogens (primary N) is 1. The molecule has 0 spiro atoms. The Morgan fingerprint density at radius 1 is 1.65 bits per heavy atom. The van der Waals surface area contributed by atoms with Gasteiger partial charge in [-0.2, -0.15) is 0 Å². The van der Waals surface area contributed by atoms with E-state index in [1.54, 1.807) is 6.92 Å². The highest BCUT2D eigenvalue weighted by Crippen LogP contribution is 2.19. The van der Waals surface area contributed by atoms with Crippen molar-refractivity contribution in [3.05, 3.63) is 24.0 Å². The smallest absolute Gasteiger partial charge is 0.237 e. The van der Waals surface area contributed by atoms with Crippen molar-refractivity contribution in [3.63, 3.8) is 0 Å². The lowest BCUT2D eigenvalue weighted by molar-refractivity contribution is -0.115. The van der Waals surface area contributed by atoms with Crippen LogP contribution in [0.15, 0.2) is 18.2 Å². The molecule has 94 valence electrons. The van der Waals surface area contributed by atoms with Gasteiger partial charge in [-0.25, -0.2) is 4.39 Å². The van der Waals surface area contributed by atoms with E-state index in [0.717, 1.165) is 0 Å². The van der Waals surface area contributed by atoms with Crippen molar-refractivity contribution < 1.29 is 14.3 Å². The quantitative estimate of drug-likeness (QED) is 0.699. The number of carbonyl (C=O) groups is 1. The maximum Gasteiger partial charge on any atom is 0.237 e. The fourth-order valence-corrected chi connectivity index (χ4v) is 1.85. The van der Waals surface area contributed by atoms with E-state index in [-0.39, 0.29) is 23.5 Å². The number of aliphatic hydroxyl groups is 1. The highest BCUT2D eigenvalue weighted by Gasteiger charge is 2.14. The van der Waals surface area contributed by atoms with Gasteiger partial charge in [0.25, 0.3) is 0 Å². The van der Waals surface area contributed by atoms with E-state index >= 15 is 0 Å². The van der Waals surface area contributed by atoms with Gasteiger partial charge < -0.3 is 16.2 Å². The first-order valence-electron chi connectivity index (χ1n) is 5.13. The first-order chi connectivity index (χ1) is 8.04. The first-order valence-corrected chi connectivity index (χ1v) is 6.18. The molecule has 1 amide bonds. The Kier molecular flexibility index (Phi) is 5.24. The van der Waals surface area contributed by atoms with Gasteiger partial charge in [-0.15, -0.1) is 11.8 Å². The summed E-state index contributed by atoms with van der Waals surface area (Å²) in [5.74, 6) is -0.367. The van der Waals surface area contributed by atoms with Gasteiger partial charge in [-0.3, -0.25) is 4.79 Å². The van der Waals surface area contributed by atoms with Crippen LogP contribution in [0.2, 0.25) is 0 Å². The molecule has 0 aliphatic heterocycles. The van der Waals surface area contributed by atoms with Crippen LogP contribution in [0, 0.1) is 5.82 Å². The summed E-state index contributed by atoms with van der Waals surface area (Å²) in [7, 11) is 0. The van der Waals surface area contributed by atoms with Crippen molar-refractivity contribution in [2.75, 3.05) is 23.4 Å². The number of aliphatic hydroxyl groups excluding tert-OH is 1. The fourth-order valence-electron chi connectivity index (χ4n) is 1.18. The van der Waals surface area contributed by atoms with Crippen LogP contribution in [0.1, 0.15) is 6.92 Å². The number of thioether (sulfide) groups is 1. The molecule has 0 heterocycles. The fraction of sp³-hybridized carbons (Fsp3) is 0.364. The van der Waals surface area contributed by atoms with Crippen LogP contribution in [0.25, 0.3) is 0 Å². The molecule has 0 saturated carbocycles. The van der Waals surface area contributed by atoms with Gasteiger partial charge in [0, 0.05) is 11.4 Å². The van der Waals surface area contributed by atoms with Gasteiger partial charge in [0.1, 0.15) is 5.82 Å². The molecule has 0 aromatic heterocycles. The highest BCUT2D eigenvalue weighted by atomic mass is 32.2.